The van der Waals surface area contributed by atoms with E-state index in [4.69, 9.17) is 9.26 Å². The summed E-state index contributed by atoms with van der Waals surface area (Å²) in [5.41, 5.74) is 0. The van der Waals surface area contributed by atoms with Crippen LogP contribution in [0.1, 0.15) is 12.2 Å². The van der Waals surface area contributed by atoms with Gasteiger partial charge in [0.05, 0.1) is 0 Å². The molecule has 100 valence electrons. The van der Waals surface area contributed by atoms with Crippen LogP contribution in [0.5, 0.6) is 5.88 Å². The van der Waals surface area contributed by atoms with E-state index in [-0.39, 0.29) is 37.3 Å². The lowest BCUT2D eigenvalue weighted by Gasteiger charge is -2.10. The van der Waals surface area contributed by atoms with Crippen molar-refractivity contribution in [1.29, 1.82) is 0 Å². The van der Waals surface area contributed by atoms with Crippen molar-refractivity contribution in [3.05, 3.63) is 11.8 Å². The average molecular weight is 255 g/mol. The van der Waals surface area contributed by atoms with Crippen molar-refractivity contribution in [1.82, 2.24) is 15.4 Å². The molecule has 0 aliphatic heterocycles. The minimum absolute atomic E-state index is 0.0386. The smallest absolute Gasteiger partial charge is 0.258 e. The Morgan fingerprint density at radius 3 is 2.78 bits per heavy atom. The van der Waals surface area contributed by atoms with E-state index in [1.54, 1.807) is 27.1 Å². The molecule has 0 aromatic carbocycles. The Labute approximate surface area is 105 Å². The fourth-order valence-electron chi connectivity index (χ4n) is 1.13. The minimum Gasteiger partial charge on any atom is -0.465 e. The van der Waals surface area contributed by atoms with E-state index in [1.807, 2.05) is 0 Å². The van der Waals surface area contributed by atoms with E-state index in [2.05, 4.69) is 10.5 Å². The molecule has 1 rings (SSSR count). The molecular formula is C11H17N3O4. The predicted molar refractivity (Wildman–Crippen MR) is 63.1 cm³/mol. The van der Waals surface area contributed by atoms with Crippen LogP contribution in [0.25, 0.3) is 0 Å². The zero-order chi connectivity index (χ0) is 13.5. The van der Waals surface area contributed by atoms with Gasteiger partial charge in [0.2, 0.25) is 5.91 Å². The van der Waals surface area contributed by atoms with Crippen molar-refractivity contribution in [3.8, 4) is 5.88 Å². The summed E-state index contributed by atoms with van der Waals surface area (Å²) in [7, 11) is 3.33. The maximum atomic E-state index is 11.4. The summed E-state index contributed by atoms with van der Waals surface area (Å²) >= 11 is 0. The zero-order valence-electron chi connectivity index (χ0n) is 10.7. The molecule has 0 radical (unpaired) electrons. The number of carbonyl (C=O) groups is 2. The second-order valence-electron chi connectivity index (χ2n) is 3.95. The average Bonchev–Trinajstić information content (AvgIpc) is 2.72. The molecule has 2 amide bonds. The molecule has 0 aliphatic rings. The van der Waals surface area contributed by atoms with Gasteiger partial charge in [-0.2, -0.15) is 0 Å². The summed E-state index contributed by atoms with van der Waals surface area (Å²) < 4.78 is 9.86. The molecule has 0 fully saturated rings. The molecule has 7 heteroatoms. The van der Waals surface area contributed by atoms with Crippen LogP contribution in [-0.4, -0.2) is 49.1 Å². The summed E-state index contributed by atoms with van der Waals surface area (Å²) in [4.78, 5) is 24.1. The largest absolute Gasteiger partial charge is 0.465 e. The number of aromatic nitrogens is 1. The number of hydrogen-bond acceptors (Lipinski definition) is 5. The van der Waals surface area contributed by atoms with Crippen LogP contribution in [0.15, 0.2) is 10.6 Å². The standard InChI is InChI=1S/C11H17N3O4/c1-8-6-10(13-18-8)17-7-9(15)12-5-4-11(16)14(2)3/h6H,4-5,7H2,1-3H3,(H,12,15). The SMILES string of the molecule is Cc1cc(OCC(=O)NCCC(=O)N(C)C)no1. The monoisotopic (exact) mass is 255 g/mol. The highest BCUT2D eigenvalue weighted by Crippen LogP contribution is 2.09. The lowest BCUT2D eigenvalue weighted by atomic mass is 10.4. The van der Waals surface area contributed by atoms with Crippen LogP contribution in [0, 0.1) is 6.92 Å². The highest BCUT2D eigenvalue weighted by Gasteiger charge is 2.07. The molecule has 0 bridgehead atoms. The van der Waals surface area contributed by atoms with Gasteiger partial charge < -0.3 is 19.5 Å². The maximum absolute atomic E-state index is 11.4. The molecule has 1 aromatic heterocycles. The fourth-order valence-corrected chi connectivity index (χ4v) is 1.13. The number of aryl methyl sites for hydroxylation is 1. The van der Waals surface area contributed by atoms with Gasteiger partial charge in [0.1, 0.15) is 5.76 Å². The van der Waals surface area contributed by atoms with Gasteiger partial charge in [-0.05, 0) is 12.1 Å². The second kappa shape index (κ2) is 6.63. The molecule has 0 unspecified atom stereocenters. The first-order valence-electron chi connectivity index (χ1n) is 5.52. The van der Waals surface area contributed by atoms with Crippen LogP contribution in [-0.2, 0) is 9.59 Å². The second-order valence-corrected chi connectivity index (χ2v) is 3.95. The molecule has 1 N–H and O–H groups in total. The topological polar surface area (TPSA) is 84.7 Å². The van der Waals surface area contributed by atoms with Crippen LogP contribution in [0.3, 0.4) is 0 Å². The summed E-state index contributed by atoms with van der Waals surface area (Å²) in [6, 6.07) is 1.59. The maximum Gasteiger partial charge on any atom is 0.258 e. The number of ether oxygens (including phenoxy) is 1. The molecular weight excluding hydrogens is 238 g/mol. The van der Waals surface area contributed by atoms with E-state index in [9.17, 15) is 9.59 Å². The first-order chi connectivity index (χ1) is 8.49. The molecule has 0 saturated carbocycles. The number of amides is 2. The Kier molecular flexibility index (Phi) is 5.16. The summed E-state index contributed by atoms with van der Waals surface area (Å²) in [5, 5.41) is 6.16. The van der Waals surface area contributed by atoms with Crippen LogP contribution >= 0.6 is 0 Å². The molecule has 7 nitrogen and oxygen atoms in total. The van der Waals surface area contributed by atoms with Gasteiger partial charge in [0.25, 0.3) is 11.8 Å². The first-order valence-corrected chi connectivity index (χ1v) is 5.52. The molecule has 0 aliphatic carbocycles. The van der Waals surface area contributed by atoms with Crippen LogP contribution in [0.4, 0.5) is 0 Å². The Morgan fingerprint density at radius 1 is 1.50 bits per heavy atom. The van der Waals surface area contributed by atoms with Crippen molar-refractivity contribution in [3.63, 3.8) is 0 Å². The van der Waals surface area contributed by atoms with Crippen molar-refractivity contribution < 1.29 is 18.8 Å². The molecule has 0 saturated heterocycles. The third-order valence-electron chi connectivity index (χ3n) is 2.12. The lowest BCUT2D eigenvalue weighted by molar-refractivity contribution is -0.128. The molecule has 0 spiro atoms. The van der Waals surface area contributed by atoms with E-state index >= 15 is 0 Å². The number of nitrogens with one attached hydrogen (secondary N) is 1. The Bertz CT molecular complexity index is 414. The number of rotatable bonds is 6. The third kappa shape index (κ3) is 4.86. The lowest BCUT2D eigenvalue weighted by Crippen LogP contribution is -2.33. The third-order valence-corrected chi connectivity index (χ3v) is 2.12. The summed E-state index contributed by atoms with van der Waals surface area (Å²) in [6.07, 6.45) is 0.266. The van der Waals surface area contributed by atoms with Gasteiger partial charge in [-0.3, -0.25) is 9.59 Å². The zero-order valence-corrected chi connectivity index (χ0v) is 10.7. The van der Waals surface area contributed by atoms with Gasteiger partial charge in [-0.1, -0.05) is 0 Å². The van der Waals surface area contributed by atoms with Gasteiger partial charge in [0, 0.05) is 33.1 Å². The van der Waals surface area contributed by atoms with E-state index in [0.717, 1.165) is 0 Å². The van der Waals surface area contributed by atoms with Gasteiger partial charge >= 0.3 is 0 Å². The Morgan fingerprint density at radius 2 is 2.22 bits per heavy atom. The number of carbonyl (C=O) groups excluding carboxylic acids is 2. The Hall–Kier alpha value is -2.05. The number of nitrogens with zero attached hydrogens (tertiary/aromatic N) is 2. The van der Waals surface area contributed by atoms with Crippen LogP contribution in [0.2, 0.25) is 0 Å². The molecule has 1 aromatic rings. The van der Waals surface area contributed by atoms with Crippen molar-refractivity contribution in [2.45, 2.75) is 13.3 Å². The van der Waals surface area contributed by atoms with Crippen molar-refractivity contribution in [2.24, 2.45) is 0 Å². The van der Waals surface area contributed by atoms with Gasteiger partial charge in [-0.25, -0.2) is 0 Å². The van der Waals surface area contributed by atoms with Crippen molar-refractivity contribution >= 4 is 11.8 Å². The van der Waals surface area contributed by atoms with E-state index in [1.165, 1.54) is 4.90 Å². The predicted octanol–water partition coefficient (Wildman–Crippen LogP) is -0.0437. The molecule has 1 heterocycles. The summed E-state index contributed by atoms with van der Waals surface area (Å²) in [6.45, 7) is 1.87. The highest BCUT2D eigenvalue weighted by atomic mass is 16.5. The van der Waals surface area contributed by atoms with Crippen molar-refractivity contribution in [2.75, 3.05) is 27.2 Å². The Balaban J connectivity index is 2.16. The minimum atomic E-state index is -0.304. The quantitative estimate of drug-likeness (QED) is 0.770. The number of hydrogen-bond donors (Lipinski definition) is 1. The van der Waals surface area contributed by atoms with E-state index < -0.39 is 0 Å². The normalized spacial score (nSPS) is 9.94. The molecule has 0 atom stereocenters. The highest BCUT2D eigenvalue weighted by molar-refractivity contribution is 5.79. The summed E-state index contributed by atoms with van der Waals surface area (Å²) in [5.74, 6) is 0.541. The first kappa shape index (κ1) is 14.0. The van der Waals surface area contributed by atoms with Crippen LogP contribution < -0.4 is 10.1 Å². The van der Waals surface area contributed by atoms with Gasteiger partial charge in [-0.15, -0.1) is 0 Å². The fraction of sp³-hybridized carbons (Fsp3) is 0.545. The van der Waals surface area contributed by atoms with E-state index in [0.29, 0.717) is 5.76 Å². The van der Waals surface area contributed by atoms with Gasteiger partial charge in [0.15, 0.2) is 6.61 Å². The molecule has 18 heavy (non-hydrogen) atoms.